The van der Waals surface area contributed by atoms with Crippen LogP contribution in [0.25, 0.3) is 0 Å². The van der Waals surface area contributed by atoms with Crippen LogP contribution in [0.5, 0.6) is 0 Å². The lowest BCUT2D eigenvalue weighted by atomic mass is 10.2. The van der Waals surface area contributed by atoms with Gasteiger partial charge in [0.25, 0.3) is 10.0 Å². The predicted molar refractivity (Wildman–Crippen MR) is 97.4 cm³/mol. The number of halogens is 1. The molecule has 0 saturated carbocycles. The van der Waals surface area contributed by atoms with Gasteiger partial charge in [-0.05, 0) is 47.7 Å². The van der Waals surface area contributed by atoms with Crippen LogP contribution in [-0.4, -0.2) is 46.0 Å². The van der Waals surface area contributed by atoms with E-state index in [9.17, 15) is 22.8 Å². The Morgan fingerprint density at radius 1 is 1.27 bits per heavy atom. The molecule has 1 aliphatic heterocycles. The summed E-state index contributed by atoms with van der Waals surface area (Å²) in [4.78, 5) is 34.8. The maximum absolute atomic E-state index is 12.5. The van der Waals surface area contributed by atoms with E-state index < -0.39 is 45.4 Å². The van der Waals surface area contributed by atoms with Gasteiger partial charge < -0.3 is 20.7 Å². The average molecular weight is 497 g/mol. The number of carbonyl (C=O) groups is 3. The fourth-order valence-corrected chi connectivity index (χ4v) is 3.95. The van der Waals surface area contributed by atoms with Crippen molar-refractivity contribution < 1.29 is 27.5 Å². The quantitative estimate of drug-likeness (QED) is 0.280. The molecule has 0 radical (unpaired) electrons. The highest BCUT2D eigenvalue weighted by Gasteiger charge is 2.28. The molecule has 2 rings (SSSR count). The molecule has 1 aromatic rings. The normalized spacial score (nSPS) is 19.7. The van der Waals surface area contributed by atoms with Crippen LogP contribution >= 0.6 is 22.6 Å². The fraction of sp³-hybridized carbons (Fsp3) is 0.308. The number of carbonyl (C=O) groups excluding carboxylic acids is 3. The number of hydrogen-bond donors (Lipinski definition) is 5. The molecular weight excluding hydrogens is 481 g/mol. The summed E-state index contributed by atoms with van der Waals surface area (Å²) in [6.45, 7) is 1.64. The van der Waals surface area contributed by atoms with Crippen LogP contribution in [0.15, 0.2) is 23.1 Å². The Kier molecular flexibility index (Phi) is 6.25. The Morgan fingerprint density at radius 2 is 1.96 bits per heavy atom. The molecule has 142 valence electrons. The van der Waals surface area contributed by atoms with Gasteiger partial charge in [-0.2, -0.15) is 0 Å². The Bertz CT molecular complexity index is 845. The minimum Gasteiger partial charge on any atom is -0.465 e. The summed E-state index contributed by atoms with van der Waals surface area (Å²) in [5.74, 6) is -0.858. The van der Waals surface area contributed by atoms with Crippen molar-refractivity contribution in [1.82, 2.24) is 26.0 Å². The fourth-order valence-electron chi connectivity index (χ4n) is 2.12. The molecule has 1 fully saturated rings. The van der Waals surface area contributed by atoms with Gasteiger partial charge >= 0.3 is 18.0 Å². The van der Waals surface area contributed by atoms with Crippen molar-refractivity contribution in [2.75, 3.05) is 7.11 Å². The third-order valence-electron chi connectivity index (χ3n) is 3.18. The summed E-state index contributed by atoms with van der Waals surface area (Å²) in [7, 11) is -3.25. The number of ether oxygens (including phenoxy) is 1. The molecule has 5 N–H and O–H groups in total. The predicted octanol–water partition coefficient (Wildman–Crippen LogP) is -0.402. The lowest BCUT2D eigenvalue weighted by Gasteiger charge is -2.30. The van der Waals surface area contributed by atoms with Gasteiger partial charge in [-0.1, -0.05) is 0 Å². The molecule has 0 aromatic heterocycles. The monoisotopic (exact) mass is 497 g/mol. The second-order valence-electron chi connectivity index (χ2n) is 5.15. The molecule has 1 saturated heterocycles. The summed E-state index contributed by atoms with van der Waals surface area (Å²) >= 11 is 1.87. The molecule has 11 nitrogen and oxygen atoms in total. The number of urea groups is 2. The van der Waals surface area contributed by atoms with E-state index in [1.165, 1.54) is 18.2 Å². The number of benzene rings is 1. The van der Waals surface area contributed by atoms with Crippen LogP contribution in [0.3, 0.4) is 0 Å². The first kappa shape index (κ1) is 20.2. The van der Waals surface area contributed by atoms with Gasteiger partial charge in [0, 0.05) is 3.57 Å². The highest BCUT2D eigenvalue weighted by molar-refractivity contribution is 14.1. The summed E-state index contributed by atoms with van der Waals surface area (Å²) in [5.41, 5.74) is -0.213. The Balaban J connectivity index is 2.18. The van der Waals surface area contributed by atoms with E-state index in [0.29, 0.717) is 3.57 Å². The minimum atomic E-state index is -4.37. The number of esters is 1. The van der Waals surface area contributed by atoms with Crippen LogP contribution in [0, 0.1) is 3.57 Å². The molecular formula is C13H16IN5O6S. The molecule has 1 heterocycles. The van der Waals surface area contributed by atoms with Gasteiger partial charge in [0.15, 0.2) is 6.29 Å². The first-order chi connectivity index (χ1) is 12.1. The third-order valence-corrected chi connectivity index (χ3v) is 5.22. The Morgan fingerprint density at radius 3 is 2.58 bits per heavy atom. The number of rotatable bonds is 4. The summed E-state index contributed by atoms with van der Waals surface area (Å²) < 4.78 is 31.9. The van der Waals surface area contributed by atoms with E-state index in [-0.39, 0.29) is 5.56 Å². The van der Waals surface area contributed by atoms with Gasteiger partial charge in [0.1, 0.15) is 4.90 Å². The zero-order valence-electron chi connectivity index (χ0n) is 13.6. The van der Waals surface area contributed by atoms with Crippen molar-refractivity contribution in [3.05, 3.63) is 27.3 Å². The molecule has 0 aliphatic carbocycles. The highest BCUT2D eigenvalue weighted by atomic mass is 127. The first-order valence-corrected chi connectivity index (χ1v) is 9.73. The van der Waals surface area contributed by atoms with E-state index in [1.807, 2.05) is 22.6 Å². The summed E-state index contributed by atoms with van der Waals surface area (Å²) in [5, 5.41) is 9.85. The number of methoxy groups -OCH3 is 1. The Hall–Kier alpha value is -2.13. The van der Waals surface area contributed by atoms with Crippen LogP contribution in [0.2, 0.25) is 0 Å². The number of sulfonamides is 1. The zero-order valence-corrected chi connectivity index (χ0v) is 16.6. The lowest BCUT2D eigenvalue weighted by Crippen LogP contribution is -2.69. The first-order valence-electron chi connectivity index (χ1n) is 7.16. The molecule has 2 unspecified atom stereocenters. The van der Waals surface area contributed by atoms with Crippen molar-refractivity contribution in [2.24, 2.45) is 0 Å². The molecule has 0 spiro atoms. The zero-order chi connectivity index (χ0) is 19.5. The topological polar surface area (TPSA) is 155 Å². The maximum atomic E-state index is 12.5. The van der Waals surface area contributed by atoms with Crippen molar-refractivity contribution in [3.8, 4) is 0 Å². The van der Waals surface area contributed by atoms with Crippen molar-refractivity contribution in [3.63, 3.8) is 0 Å². The molecule has 0 bridgehead atoms. The van der Waals surface area contributed by atoms with Gasteiger partial charge in [-0.3, -0.25) is 5.32 Å². The van der Waals surface area contributed by atoms with E-state index in [4.69, 9.17) is 0 Å². The molecule has 13 heteroatoms. The van der Waals surface area contributed by atoms with Crippen LogP contribution in [-0.2, 0) is 14.8 Å². The van der Waals surface area contributed by atoms with E-state index >= 15 is 0 Å². The molecule has 2 atom stereocenters. The SMILES string of the molecule is COC(=O)c1ccc(I)cc1S(=O)(=O)NC(=O)NC1NC(=O)NC(C)N1. The highest BCUT2D eigenvalue weighted by Crippen LogP contribution is 2.20. The second kappa shape index (κ2) is 8.05. The second-order valence-corrected chi connectivity index (χ2v) is 8.05. The van der Waals surface area contributed by atoms with Gasteiger partial charge in [0.2, 0.25) is 0 Å². The molecule has 4 amide bonds. The third kappa shape index (κ3) is 4.95. The summed E-state index contributed by atoms with van der Waals surface area (Å²) in [6, 6.07) is 2.43. The number of amides is 4. The van der Waals surface area contributed by atoms with E-state index in [1.54, 1.807) is 11.6 Å². The number of hydrogen-bond acceptors (Lipinski definition) is 7. The van der Waals surface area contributed by atoms with Crippen molar-refractivity contribution in [2.45, 2.75) is 24.3 Å². The minimum absolute atomic E-state index is 0.213. The number of nitrogens with one attached hydrogen (secondary N) is 5. The summed E-state index contributed by atoms with van der Waals surface area (Å²) in [6.07, 6.45) is -1.42. The molecule has 26 heavy (non-hydrogen) atoms. The lowest BCUT2D eigenvalue weighted by molar-refractivity contribution is 0.0596. The largest absolute Gasteiger partial charge is 0.465 e. The average Bonchev–Trinajstić information content (AvgIpc) is 2.52. The van der Waals surface area contributed by atoms with E-state index in [2.05, 4.69) is 26.0 Å². The van der Waals surface area contributed by atoms with Crippen LogP contribution in [0.4, 0.5) is 9.59 Å². The molecule has 1 aliphatic rings. The molecule has 1 aromatic carbocycles. The van der Waals surface area contributed by atoms with Crippen LogP contribution < -0.4 is 26.0 Å². The van der Waals surface area contributed by atoms with Gasteiger partial charge in [-0.25, -0.2) is 27.5 Å². The van der Waals surface area contributed by atoms with E-state index in [0.717, 1.165) is 7.11 Å². The van der Waals surface area contributed by atoms with Crippen molar-refractivity contribution >= 4 is 50.6 Å². The van der Waals surface area contributed by atoms with Crippen molar-refractivity contribution in [1.29, 1.82) is 0 Å². The van der Waals surface area contributed by atoms with Gasteiger partial charge in [0.05, 0.1) is 18.8 Å². The maximum Gasteiger partial charge on any atom is 0.339 e. The standard InChI is InChI=1S/C13H16IN5O6S/c1-6-15-11(17-12(21)16-6)18-13(22)19-26(23,24)9-5-7(14)3-4-8(9)10(20)25-2/h3-6,11,15H,1-2H3,(H2,16,17,21)(H2,18,19,22). The van der Waals surface area contributed by atoms with Crippen LogP contribution in [0.1, 0.15) is 17.3 Å². The smallest absolute Gasteiger partial charge is 0.339 e. The Labute approximate surface area is 162 Å². The van der Waals surface area contributed by atoms with Gasteiger partial charge in [-0.15, -0.1) is 0 Å².